The van der Waals surface area contributed by atoms with Gasteiger partial charge in [-0.15, -0.1) is 0 Å². The van der Waals surface area contributed by atoms with Crippen molar-refractivity contribution in [1.82, 2.24) is 4.90 Å². The molecule has 0 amide bonds. The zero-order valence-corrected chi connectivity index (χ0v) is 8.54. The fourth-order valence-corrected chi connectivity index (χ4v) is 1.46. The van der Waals surface area contributed by atoms with E-state index >= 15 is 0 Å². The average molecular weight is 204 g/mol. The van der Waals surface area contributed by atoms with Gasteiger partial charge in [-0.1, -0.05) is 5.11 Å². The highest BCUT2D eigenvalue weighted by atomic mass is 19.3. The Morgan fingerprint density at radius 3 is 2.43 bits per heavy atom. The van der Waals surface area contributed by atoms with Gasteiger partial charge in [-0.05, 0) is 26.3 Å². The number of rotatable bonds is 1. The van der Waals surface area contributed by atoms with Gasteiger partial charge < -0.3 is 0 Å². The normalized spacial score (nSPS) is 27.4. The van der Waals surface area contributed by atoms with Crippen molar-refractivity contribution in [2.45, 2.75) is 38.3 Å². The molecule has 0 radical (unpaired) electrons. The van der Waals surface area contributed by atoms with Crippen molar-refractivity contribution in [2.24, 2.45) is 5.11 Å². The molecule has 1 aliphatic heterocycles. The lowest BCUT2D eigenvalue weighted by atomic mass is 10.1. The Bertz CT molecular complexity index is 265. The fraction of sp³-hybridized carbons (Fsp3) is 1.00. The molecule has 14 heavy (non-hydrogen) atoms. The van der Waals surface area contributed by atoms with Crippen molar-refractivity contribution in [3.63, 3.8) is 0 Å². The standard InChI is InChI=1S/C8H14F2N4/c1-7(2,3)14-4-6(12-13-11)8(9,10)5-14/h6H,4-5H2,1-3H3. The summed E-state index contributed by atoms with van der Waals surface area (Å²) in [6.45, 7) is 5.38. The molecule has 0 aliphatic carbocycles. The first-order chi connectivity index (χ1) is 6.27. The van der Waals surface area contributed by atoms with E-state index in [0.717, 1.165) is 0 Å². The van der Waals surface area contributed by atoms with Gasteiger partial charge in [0.1, 0.15) is 6.04 Å². The molecule has 0 aromatic carbocycles. The van der Waals surface area contributed by atoms with Crippen LogP contribution in [-0.4, -0.2) is 35.5 Å². The van der Waals surface area contributed by atoms with E-state index in [2.05, 4.69) is 10.0 Å². The zero-order chi connectivity index (χ0) is 11.0. The molecule has 1 atom stereocenters. The molecule has 1 fully saturated rings. The summed E-state index contributed by atoms with van der Waals surface area (Å²) in [4.78, 5) is 4.08. The third-order valence-electron chi connectivity index (χ3n) is 2.42. The van der Waals surface area contributed by atoms with E-state index in [4.69, 9.17) is 5.53 Å². The number of hydrogen-bond acceptors (Lipinski definition) is 2. The number of azide groups is 1. The Morgan fingerprint density at radius 1 is 1.50 bits per heavy atom. The van der Waals surface area contributed by atoms with Crippen LogP contribution in [0.1, 0.15) is 20.8 Å². The molecular formula is C8H14F2N4. The minimum atomic E-state index is -2.90. The molecule has 1 unspecified atom stereocenters. The van der Waals surface area contributed by atoms with Crippen LogP contribution in [0.4, 0.5) is 8.78 Å². The SMILES string of the molecule is CC(C)(C)N1CC(N=[N+]=[N-])C(F)(F)C1. The summed E-state index contributed by atoms with van der Waals surface area (Å²) in [5, 5.41) is 3.13. The van der Waals surface area contributed by atoms with E-state index in [1.165, 1.54) is 0 Å². The first kappa shape index (κ1) is 11.2. The maximum atomic E-state index is 13.3. The summed E-state index contributed by atoms with van der Waals surface area (Å²) in [5.74, 6) is -2.90. The van der Waals surface area contributed by atoms with Gasteiger partial charge in [0.15, 0.2) is 0 Å². The number of hydrogen-bond donors (Lipinski definition) is 0. The van der Waals surface area contributed by atoms with E-state index in [1.807, 2.05) is 20.8 Å². The van der Waals surface area contributed by atoms with Gasteiger partial charge in [0.2, 0.25) is 0 Å². The van der Waals surface area contributed by atoms with Crippen LogP contribution in [-0.2, 0) is 0 Å². The van der Waals surface area contributed by atoms with Crippen molar-refractivity contribution in [2.75, 3.05) is 13.1 Å². The van der Waals surface area contributed by atoms with Gasteiger partial charge in [-0.3, -0.25) is 4.90 Å². The smallest absolute Gasteiger partial charge is 0.270 e. The quantitative estimate of drug-likeness (QED) is 0.367. The van der Waals surface area contributed by atoms with Crippen LogP contribution in [0, 0.1) is 0 Å². The maximum Gasteiger partial charge on any atom is 0.270 e. The van der Waals surface area contributed by atoms with Crippen LogP contribution < -0.4 is 0 Å². The highest BCUT2D eigenvalue weighted by Crippen LogP contribution is 2.33. The summed E-state index contributed by atoms with van der Waals surface area (Å²) in [5.41, 5.74) is 7.84. The third-order valence-corrected chi connectivity index (χ3v) is 2.42. The molecular weight excluding hydrogens is 190 g/mol. The fourth-order valence-electron chi connectivity index (χ4n) is 1.46. The van der Waals surface area contributed by atoms with Crippen LogP contribution in [0.5, 0.6) is 0 Å². The van der Waals surface area contributed by atoms with E-state index in [9.17, 15) is 8.78 Å². The molecule has 1 saturated heterocycles. The summed E-state index contributed by atoms with van der Waals surface area (Å²) in [6.07, 6.45) is 0. The molecule has 0 aromatic heterocycles. The predicted octanol–water partition coefficient (Wildman–Crippen LogP) is 2.41. The monoisotopic (exact) mass is 204 g/mol. The minimum absolute atomic E-state index is 0.126. The largest absolute Gasteiger partial charge is 0.292 e. The lowest BCUT2D eigenvalue weighted by molar-refractivity contribution is -0.00868. The second-order valence-electron chi connectivity index (χ2n) is 4.53. The molecule has 0 bridgehead atoms. The summed E-state index contributed by atoms with van der Waals surface area (Å²) in [6, 6.07) is -1.23. The van der Waals surface area contributed by atoms with Crippen molar-refractivity contribution < 1.29 is 8.78 Å². The first-order valence-corrected chi connectivity index (χ1v) is 4.44. The van der Waals surface area contributed by atoms with E-state index in [-0.39, 0.29) is 18.6 Å². The van der Waals surface area contributed by atoms with Crippen molar-refractivity contribution in [1.29, 1.82) is 0 Å². The van der Waals surface area contributed by atoms with Crippen LogP contribution in [0.25, 0.3) is 10.4 Å². The Kier molecular flexibility index (Phi) is 2.69. The van der Waals surface area contributed by atoms with Gasteiger partial charge in [0, 0.05) is 17.0 Å². The molecule has 1 aliphatic rings. The van der Waals surface area contributed by atoms with Gasteiger partial charge in [-0.25, -0.2) is 8.78 Å². The van der Waals surface area contributed by atoms with Gasteiger partial charge >= 0.3 is 0 Å². The maximum absolute atomic E-state index is 13.3. The Morgan fingerprint density at radius 2 is 2.07 bits per heavy atom. The van der Waals surface area contributed by atoms with Crippen LogP contribution >= 0.6 is 0 Å². The molecule has 1 heterocycles. The summed E-state index contributed by atoms with van der Waals surface area (Å²) >= 11 is 0. The number of nitrogens with zero attached hydrogens (tertiary/aromatic N) is 4. The highest BCUT2D eigenvalue weighted by molar-refractivity contribution is 4.99. The molecule has 0 aromatic rings. The second-order valence-corrected chi connectivity index (χ2v) is 4.53. The molecule has 6 heteroatoms. The number of alkyl halides is 2. The average Bonchev–Trinajstić information content (AvgIpc) is 2.27. The summed E-state index contributed by atoms with van der Waals surface area (Å²) in [7, 11) is 0. The Hall–Kier alpha value is -0.870. The molecule has 0 N–H and O–H groups in total. The second kappa shape index (κ2) is 3.37. The first-order valence-electron chi connectivity index (χ1n) is 4.44. The minimum Gasteiger partial charge on any atom is -0.292 e. The molecule has 4 nitrogen and oxygen atoms in total. The lowest BCUT2D eigenvalue weighted by Gasteiger charge is -2.31. The van der Waals surface area contributed by atoms with E-state index in [1.54, 1.807) is 4.90 Å². The lowest BCUT2D eigenvalue weighted by Crippen LogP contribution is -2.40. The topological polar surface area (TPSA) is 52.0 Å². The van der Waals surface area contributed by atoms with Gasteiger partial charge in [-0.2, -0.15) is 0 Å². The van der Waals surface area contributed by atoms with Crippen LogP contribution in [0.2, 0.25) is 0 Å². The van der Waals surface area contributed by atoms with Crippen molar-refractivity contribution >= 4 is 0 Å². The Balaban J connectivity index is 2.81. The molecule has 80 valence electrons. The summed E-state index contributed by atoms with van der Waals surface area (Å²) < 4.78 is 26.5. The van der Waals surface area contributed by atoms with Crippen LogP contribution in [0.15, 0.2) is 5.11 Å². The van der Waals surface area contributed by atoms with Crippen LogP contribution in [0.3, 0.4) is 0 Å². The molecule has 0 saturated carbocycles. The van der Waals surface area contributed by atoms with Gasteiger partial charge in [0.25, 0.3) is 5.92 Å². The third kappa shape index (κ3) is 2.13. The van der Waals surface area contributed by atoms with E-state index in [0.29, 0.717) is 0 Å². The predicted molar refractivity (Wildman–Crippen MR) is 49.2 cm³/mol. The van der Waals surface area contributed by atoms with E-state index < -0.39 is 12.0 Å². The Labute approximate surface area is 81.5 Å². The van der Waals surface area contributed by atoms with Crippen molar-refractivity contribution in [3.05, 3.63) is 10.4 Å². The highest BCUT2D eigenvalue weighted by Gasteiger charge is 2.50. The number of halogens is 2. The van der Waals surface area contributed by atoms with Crippen molar-refractivity contribution in [3.8, 4) is 0 Å². The molecule has 0 spiro atoms. The molecule has 1 rings (SSSR count). The van der Waals surface area contributed by atoms with Gasteiger partial charge in [0.05, 0.1) is 6.54 Å². The number of likely N-dealkylation sites (tertiary alicyclic amines) is 1. The zero-order valence-electron chi connectivity index (χ0n) is 8.54.